The Kier molecular flexibility index (Phi) is 7.18. The quantitative estimate of drug-likeness (QED) is 0.165. The van der Waals surface area contributed by atoms with Crippen LogP contribution < -0.4 is 4.90 Å². The van der Waals surface area contributed by atoms with Crippen molar-refractivity contribution in [3.63, 3.8) is 0 Å². The highest BCUT2D eigenvalue weighted by molar-refractivity contribution is 6.24. The molecular formula is C50H33NO. The third-order valence-electron chi connectivity index (χ3n) is 10.3. The maximum absolute atomic E-state index is 6.86. The molecule has 1 aromatic heterocycles. The monoisotopic (exact) mass is 663 g/mol. The minimum absolute atomic E-state index is 0.913. The third kappa shape index (κ3) is 5.12. The van der Waals surface area contributed by atoms with Gasteiger partial charge in [-0.25, -0.2) is 0 Å². The van der Waals surface area contributed by atoms with Gasteiger partial charge in [0, 0.05) is 38.8 Å². The first-order chi connectivity index (χ1) is 25.8. The molecule has 0 amide bonds. The van der Waals surface area contributed by atoms with E-state index >= 15 is 0 Å². The lowest BCUT2D eigenvalue weighted by Crippen LogP contribution is -2.09. The maximum Gasteiger partial charge on any atom is 0.143 e. The molecule has 2 nitrogen and oxygen atoms in total. The van der Waals surface area contributed by atoms with E-state index in [1.54, 1.807) is 0 Å². The molecule has 0 aliphatic rings. The lowest BCUT2D eigenvalue weighted by Gasteiger charge is -2.26. The average molecular weight is 664 g/mol. The van der Waals surface area contributed by atoms with Gasteiger partial charge >= 0.3 is 0 Å². The van der Waals surface area contributed by atoms with Crippen LogP contribution in [0, 0.1) is 0 Å². The highest BCUT2D eigenvalue weighted by Crippen LogP contribution is 2.42. The second kappa shape index (κ2) is 12.5. The first-order valence-electron chi connectivity index (χ1n) is 17.8. The number of hydrogen-bond acceptors (Lipinski definition) is 2. The Balaban J connectivity index is 1.07. The van der Waals surface area contributed by atoms with Gasteiger partial charge in [0.05, 0.1) is 0 Å². The highest BCUT2D eigenvalue weighted by Gasteiger charge is 2.18. The molecule has 0 radical (unpaired) electrons. The van der Waals surface area contributed by atoms with Crippen LogP contribution in [0.15, 0.2) is 205 Å². The van der Waals surface area contributed by atoms with Crippen LogP contribution in [0.25, 0.3) is 76.9 Å². The Morgan fingerprint density at radius 3 is 1.37 bits per heavy atom. The zero-order chi connectivity index (χ0) is 34.4. The number of benzene rings is 9. The molecule has 52 heavy (non-hydrogen) atoms. The molecule has 0 N–H and O–H groups in total. The molecule has 0 bridgehead atoms. The van der Waals surface area contributed by atoms with Crippen molar-refractivity contribution in [2.24, 2.45) is 0 Å². The zero-order valence-corrected chi connectivity index (χ0v) is 28.4. The van der Waals surface area contributed by atoms with E-state index in [9.17, 15) is 0 Å². The van der Waals surface area contributed by atoms with Crippen LogP contribution in [0.3, 0.4) is 0 Å². The van der Waals surface area contributed by atoms with E-state index in [4.69, 9.17) is 4.42 Å². The molecule has 244 valence electrons. The predicted octanol–water partition coefficient (Wildman–Crippen LogP) is 14.4. The average Bonchev–Trinajstić information content (AvgIpc) is 3.62. The molecule has 1 heterocycles. The Bertz CT molecular complexity index is 2770. The molecule has 9 aromatic carbocycles. The van der Waals surface area contributed by atoms with Gasteiger partial charge in [0.25, 0.3) is 0 Å². The van der Waals surface area contributed by atoms with Crippen LogP contribution in [0.5, 0.6) is 0 Å². The van der Waals surface area contributed by atoms with Gasteiger partial charge in [-0.1, -0.05) is 158 Å². The van der Waals surface area contributed by atoms with Crippen molar-refractivity contribution in [3.05, 3.63) is 200 Å². The predicted molar refractivity (Wildman–Crippen MR) is 220 cm³/mol. The van der Waals surface area contributed by atoms with Crippen LogP contribution in [-0.2, 0) is 0 Å². The van der Waals surface area contributed by atoms with E-state index in [-0.39, 0.29) is 0 Å². The smallest absolute Gasteiger partial charge is 0.143 e. The molecule has 2 heteroatoms. The van der Waals surface area contributed by atoms with E-state index in [0.717, 1.165) is 50.1 Å². The van der Waals surface area contributed by atoms with E-state index in [1.807, 2.05) is 0 Å². The summed E-state index contributed by atoms with van der Waals surface area (Å²) in [5.74, 6) is 0. The summed E-state index contributed by atoms with van der Waals surface area (Å²) in [5, 5.41) is 7.05. The molecule has 0 spiro atoms. The molecular weight excluding hydrogens is 631 g/mol. The molecule has 0 unspecified atom stereocenters. The highest BCUT2D eigenvalue weighted by atomic mass is 16.3. The Hall–Kier alpha value is -6.90. The molecule has 0 atom stereocenters. The van der Waals surface area contributed by atoms with Gasteiger partial charge in [-0.3, -0.25) is 0 Å². The number of nitrogens with zero attached hydrogens (tertiary/aromatic N) is 1. The van der Waals surface area contributed by atoms with Gasteiger partial charge < -0.3 is 9.32 Å². The van der Waals surface area contributed by atoms with Gasteiger partial charge in [0.1, 0.15) is 11.2 Å². The third-order valence-corrected chi connectivity index (χ3v) is 10.3. The van der Waals surface area contributed by atoms with Crippen molar-refractivity contribution in [2.75, 3.05) is 4.90 Å². The topological polar surface area (TPSA) is 16.4 Å². The summed E-state index contributed by atoms with van der Waals surface area (Å²) in [7, 11) is 0. The minimum Gasteiger partial charge on any atom is -0.455 e. The number of hydrogen-bond donors (Lipinski definition) is 0. The largest absolute Gasteiger partial charge is 0.455 e. The van der Waals surface area contributed by atoms with Gasteiger partial charge in [0.2, 0.25) is 0 Å². The molecule has 0 fully saturated rings. The summed E-state index contributed by atoms with van der Waals surface area (Å²) in [6, 6.07) is 71.5. The summed E-state index contributed by atoms with van der Waals surface area (Å²) in [6.45, 7) is 0. The summed E-state index contributed by atoms with van der Waals surface area (Å²) in [4.78, 5) is 2.33. The van der Waals surface area contributed by atoms with Gasteiger partial charge in [-0.15, -0.1) is 0 Å². The zero-order valence-electron chi connectivity index (χ0n) is 28.4. The van der Waals surface area contributed by atoms with Crippen molar-refractivity contribution in [1.82, 2.24) is 0 Å². The van der Waals surface area contributed by atoms with Crippen LogP contribution >= 0.6 is 0 Å². The SMILES string of the molecule is c1ccc(-c2ccc(N(c3ccc(-c4ccccc4)cc3)c3ccc(-c4cccc5c4oc4c5ccc5ccc6ccccc6c54)cc3)cc2)cc1. The molecule has 0 aliphatic carbocycles. The van der Waals surface area contributed by atoms with E-state index in [1.165, 1.54) is 43.8 Å². The number of anilines is 3. The molecule has 10 aromatic rings. The van der Waals surface area contributed by atoms with E-state index in [0.29, 0.717) is 0 Å². The second-order valence-electron chi connectivity index (χ2n) is 13.3. The van der Waals surface area contributed by atoms with Crippen LogP contribution in [0.4, 0.5) is 17.1 Å². The van der Waals surface area contributed by atoms with Crippen molar-refractivity contribution >= 4 is 60.5 Å². The van der Waals surface area contributed by atoms with Crippen LogP contribution in [0.1, 0.15) is 0 Å². The fourth-order valence-electron chi connectivity index (χ4n) is 7.68. The standard InChI is InChI=1S/C50H33NO/c1-3-10-34(11-4-1)36-20-27-41(28-21-36)51(42-29-22-37(23-30-42)35-12-5-2-6-13-35)43-31-24-39(25-32-43)45-16-9-17-46-47-33-26-40-19-18-38-14-7-8-15-44(38)48(40)50(47)52-49(45)46/h1-33H. The Morgan fingerprint density at radius 2 is 0.750 bits per heavy atom. The number of rotatable bonds is 6. The van der Waals surface area contributed by atoms with E-state index < -0.39 is 0 Å². The molecule has 0 saturated heterocycles. The molecule has 10 rings (SSSR count). The lowest BCUT2D eigenvalue weighted by atomic mass is 9.98. The summed E-state index contributed by atoms with van der Waals surface area (Å²) < 4.78 is 6.86. The first kappa shape index (κ1) is 30.0. The first-order valence-corrected chi connectivity index (χ1v) is 17.8. The number of furan rings is 1. The van der Waals surface area contributed by atoms with Gasteiger partial charge in [0.15, 0.2) is 0 Å². The van der Waals surface area contributed by atoms with E-state index in [2.05, 4.69) is 205 Å². The van der Waals surface area contributed by atoms with Crippen molar-refractivity contribution in [1.29, 1.82) is 0 Å². The fourth-order valence-corrected chi connectivity index (χ4v) is 7.68. The number of para-hydroxylation sites is 1. The summed E-state index contributed by atoms with van der Waals surface area (Å²) in [5.41, 5.74) is 12.1. The Labute approximate surface area is 302 Å². The summed E-state index contributed by atoms with van der Waals surface area (Å²) >= 11 is 0. The normalized spacial score (nSPS) is 11.5. The lowest BCUT2D eigenvalue weighted by molar-refractivity contribution is 0.674. The number of fused-ring (bicyclic) bond motifs is 7. The minimum atomic E-state index is 0.913. The second-order valence-corrected chi connectivity index (χ2v) is 13.3. The molecule has 0 aliphatic heterocycles. The van der Waals surface area contributed by atoms with Crippen molar-refractivity contribution in [2.45, 2.75) is 0 Å². The van der Waals surface area contributed by atoms with Crippen LogP contribution in [0.2, 0.25) is 0 Å². The maximum atomic E-state index is 6.86. The van der Waals surface area contributed by atoms with Crippen molar-refractivity contribution < 1.29 is 4.42 Å². The van der Waals surface area contributed by atoms with Gasteiger partial charge in [-0.2, -0.15) is 0 Å². The van der Waals surface area contributed by atoms with Gasteiger partial charge in [-0.05, 0) is 86.4 Å². The molecule has 0 saturated carbocycles. The van der Waals surface area contributed by atoms with Crippen molar-refractivity contribution in [3.8, 4) is 33.4 Å². The Morgan fingerprint density at radius 1 is 0.288 bits per heavy atom. The van der Waals surface area contributed by atoms with Crippen LogP contribution in [-0.4, -0.2) is 0 Å². The fraction of sp³-hybridized carbons (Fsp3) is 0. The summed E-state index contributed by atoms with van der Waals surface area (Å²) in [6.07, 6.45) is 0.